The van der Waals surface area contributed by atoms with E-state index in [9.17, 15) is 8.42 Å². The highest BCUT2D eigenvalue weighted by molar-refractivity contribution is 7.89. The molecule has 0 fully saturated rings. The molecular formula is C15H26N2O2S. The lowest BCUT2D eigenvalue weighted by molar-refractivity contribution is 0.530. The first kappa shape index (κ1) is 17.1. The fraction of sp³-hybridized carbons (Fsp3) is 0.600. The van der Waals surface area contributed by atoms with Gasteiger partial charge in [-0.25, -0.2) is 13.1 Å². The summed E-state index contributed by atoms with van der Waals surface area (Å²) in [5.41, 5.74) is 0.992. The van der Waals surface area contributed by atoms with E-state index in [1.54, 1.807) is 18.2 Å². The number of sulfonamides is 1. The molecule has 0 atom stereocenters. The minimum Gasteiger partial charge on any atom is -0.313 e. The first-order chi connectivity index (χ1) is 9.53. The van der Waals surface area contributed by atoms with Gasteiger partial charge in [-0.3, -0.25) is 0 Å². The van der Waals surface area contributed by atoms with Crippen LogP contribution in [0.15, 0.2) is 29.2 Å². The molecule has 0 aliphatic rings. The predicted octanol–water partition coefficient (Wildman–Crippen LogP) is 2.65. The molecule has 5 heteroatoms. The molecule has 0 aliphatic heterocycles. The fourth-order valence-electron chi connectivity index (χ4n) is 1.97. The molecule has 0 saturated carbocycles. The highest BCUT2D eigenvalue weighted by atomic mass is 32.2. The van der Waals surface area contributed by atoms with Crippen molar-refractivity contribution >= 4 is 10.0 Å². The van der Waals surface area contributed by atoms with Crippen molar-refractivity contribution in [3.63, 3.8) is 0 Å². The van der Waals surface area contributed by atoms with Crippen LogP contribution in [-0.4, -0.2) is 21.0 Å². The largest absolute Gasteiger partial charge is 0.313 e. The van der Waals surface area contributed by atoms with Crippen LogP contribution < -0.4 is 10.0 Å². The summed E-state index contributed by atoms with van der Waals surface area (Å²) in [7, 11) is -3.41. The fourth-order valence-corrected chi connectivity index (χ4v) is 3.45. The van der Waals surface area contributed by atoms with E-state index < -0.39 is 10.0 Å². The molecule has 0 radical (unpaired) electrons. The smallest absolute Gasteiger partial charge is 0.240 e. The normalized spacial score (nSPS) is 12.0. The Bertz CT molecular complexity index is 496. The van der Waals surface area contributed by atoms with Gasteiger partial charge in [-0.2, -0.15) is 0 Å². The van der Waals surface area contributed by atoms with E-state index >= 15 is 0 Å². The Hall–Kier alpha value is -0.910. The topological polar surface area (TPSA) is 58.2 Å². The van der Waals surface area contributed by atoms with Crippen LogP contribution in [0.1, 0.15) is 45.6 Å². The average Bonchev–Trinajstić information content (AvgIpc) is 2.45. The van der Waals surface area contributed by atoms with E-state index in [4.69, 9.17) is 0 Å². The van der Waals surface area contributed by atoms with E-state index in [-0.39, 0.29) is 6.04 Å². The van der Waals surface area contributed by atoms with Gasteiger partial charge in [0.1, 0.15) is 0 Å². The van der Waals surface area contributed by atoms with Crippen LogP contribution >= 0.6 is 0 Å². The molecule has 0 aliphatic carbocycles. The first-order valence-electron chi connectivity index (χ1n) is 7.35. The lowest BCUT2D eigenvalue weighted by atomic mass is 10.2. The van der Waals surface area contributed by atoms with Crippen LogP contribution in [0.25, 0.3) is 0 Å². The summed E-state index contributed by atoms with van der Waals surface area (Å²) in [5.74, 6) is 0. The summed E-state index contributed by atoms with van der Waals surface area (Å²) in [5, 5.41) is 3.28. The van der Waals surface area contributed by atoms with E-state index in [0.29, 0.717) is 11.4 Å². The summed E-state index contributed by atoms with van der Waals surface area (Å²) >= 11 is 0. The lowest BCUT2D eigenvalue weighted by Gasteiger charge is -2.15. The quantitative estimate of drug-likeness (QED) is 0.689. The zero-order chi connectivity index (χ0) is 15.0. The summed E-state index contributed by atoms with van der Waals surface area (Å²) in [6.45, 7) is 7.71. The first-order valence-corrected chi connectivity index (χ1v) is 8.83. The summed E-state index contributed by atoms with van der Waals surface area (Å²) < 4.78 is 27.4. The number of hydrogen-bond acceptors (Lipinski definition) is 3. The Labute approximate surface area is 123 Å². The minimum absolute atomic E-state index is 0.00173. The van der Waals surface area contributed by atoms with Crippen molar-refractivity contribution < 1.29 is 8.42 Å². The van der Waals surface area contributed by atoms with Crippen molar-refractivity contribution in [1.82, 2.24) is 10.0 Å². The van der Waals surface area contributed by atoms with Crippen molar-refractivity contribution in [2.24, 2.45) is 0 Å². The second-order valence-corrected chi connectivity index (χ2v) is 6.67. The Balaban J connectivity index is 2.81. The molecule has 0 spiro atoms. The Kier molecular flexibility index (Phi) is 7.19. The Morgan fingerprint density at radius 2 is 1.85 bits per heavy atom. The van der Waals surface area contributed by atoms with E-state index in [2.05, 4.69) is 17.0 Å². The van der Waals surface area contributed by atoms with Crippen molar-refractivity contribution in [1.29, 1.82) is 0 Å². The van der Waals surface area contributed by atoms with Gasteiger partial charge in [0.25, 0.3) is 0 Å². The minimum atomic E-state index is -3.41. The number of hydrogen-bond donors (Lipinski definition) is 2. The van der Waals surface area contributed by atoms with Gasteiger partial charge in [0.2, 0.25) is 10.0 Å². The maximum absolute atomic E-state index is 12.3. The highest BCUT2D eigenvalue weighted by Crippen LogP contribution is 2.13. The van der Waals surface area contributed by atoms with Crippen LogP contribution in [0.2, 0.25) is 0 Å². The molecule has 114 valence electrons. The number of rotatable bonds is 9. The van der Waals surface area contributed by atoms with Crippen molar-refractivity contribution in [3.05, 3.63) is 29.8 Å². The molecule has 4 nitrogen and oxygen atoms in total. The molecule has 1 aromatic rings. The van der Waals surface area contributed by atoms with E-state index in [1.807, 2.05) is 19.9 Å². The summed E-state index contributed by atoms with van der Waals surface area (Å²) in [4.78, 5) is 0.347. The second kappa shape index (κ2) is 8.39. The van der Waals surface area contributed by atoms with E-state index in [1.165, 1.54) is 0 Å². The third-order valence-electron chi connectivity index (χ3n) is 3.27. The van der Waals surface area contributed by atoms with Crippen molar-refractivity contribution in [2.75, 3.05) is 6.54 Å². The van der Waals surface area contributed by atoms with E-state index in [0.717, 1.165) is 31.4 Å². The van der Waals surface area contributed by atoms with Crippen LogP contribution in [0, 0.1) is 0 Å². The molecule has 1 rings (SSSR count). The predicted molar refractivity (Wildman–Crippen MR) is 83.1 cm³/mol. The molecule has 0 unspecified atom stereocenters. The maximum atomic E-state index is 12.3. The van der Waals surface area contributed by atoms with Crippen molar-refractivity contribution in [2.45, 2.75) is 57.5 Å². The van der Waals surface area contributed by atoms with Gasteiger partial charge in [0.05, 0.1) is 4.90 Å². The van der Waals surface area contributed by atoms with Gasteiger partial charge >= 0.3 is 0 Å². The van der Waals surface area contributed by atoms with Crippen LogP contribution in [0.4, 0.5) is 0 Å². The van der Waals surface area contributed by atoms with Gasteiger partial charge in [0.15, 0.2) is 0 Å². The Morgan fingerprint density at radius 1 is 1.15 bits per heavy atom. The summed E-state index contributed by atoms with van der Waals surface area (Å²) in [6, 6.07) is 7.13. The molecule has 1 aromatic carbocycles. The van der Waals surface area contributed by atoms with Crippen LogP contribution in [0.3, 0.4) is 0 Å². The average molecular weight is 298 g/mol. The molecule has 0 amide bonds. The van der Waals surface area contributed by atoms with Gasteiger partial charge in [-0.15, -0.1) is 0 Å². The molecule has 0 heterocycles. The van der Waals surface area contributed by atoms with Gasteiger partial charge in [0, 0.05) is 12.6 Å². The van der Waals surface area contributed by atoms with Gasteiger partial charge < -0.3 is 5.32 Å². The third kappa shape index (κ3) is 5.23. The Morgan fingerprint density at radius 3 is 2.45 bits per heavy atom. The van der Waals surface area contributed by atoms with Crippen molar-refractivity contribution in [3.8, 4) is 0 Å². The molecule has 20 heavy (non-hydrogen) atoms. The number of benzene rings is 1. The SMILES string of the molecule is CCCNCc1cccc(S(=O)(=O)NC(CC)CC)c1. The molecule has 0 aromatic heterocycles. The second-order valence-electron chi connectivity index (χ2n) is 4.96. The standard InChI is InChI=1S/C15H26N2O2S/c1-4-10-16-12-13-8-7-9-15(11-13)20(18,19)17-14(5-2)6-3/h7-9,11,14,16-17H,4-6,10,12H2,1-3H3. The maximum Gasteiger partial charge on any atom is 0.240 e. The third-order valence-corrected chi connectivity index (χ3v) is 4.79. The zero-order valence-corrected chi connectivity index (χ0v) is 13.5. The molecule has 2 N–H and O–H groups in total. The summed E-state index contributed by atoms with van der Waals surface area (Å²) in [6.07, 6.45) is 2.66. The van der Waals surface area contributed by atoms with Crippen LogP contribution in [0.5, 0.6) is 0 Å². The molecule has 0 saturated heterocycles. The van der Waals surface area contributed by atoms with Gasteiger partial charge in [-0.1, -0.05) is 32.9 Å². The zero-order valence-electron chi connectivity index (χ0n) is 12.6. The highest BCUT2D eigenvalue weighted by Gasteiger charge is 2.18. The number of nitrogens with one attached hydrogen (secondary N) is 2. The monoisotopic (exact) mass is 298 g/mol. The van der Waals surface area contributed by atoms with Crippen LogP contribution in [-0.2, 0) is 16.6 Å². The molecular weight excluding hydrogens is 272 g/mol. The lowest BCUT2D eigenvalue weighted by Crippen LogP contribution is -2.33. The van der Waals surface area contributed by atoms with Gasteiger partial charge in [-0.05, 0) is 43.5 Å². The molecule has 0 bridgehead atoms.